The van der Waals surface area contributed by atoms with Crippen molar-refractivity contribution in [3.05, 3.63) is 57.8 Å². The Bertz CT molecular complexity index is 640. The van der Waals surface area contributed by atoms with Crippen LogP contribution in [0.15, 0.2) is 41.8 Å². The molecule has 23 heavy (non-hydrogen) atoms. The largest absolute Gasteiger partial charge is 0.384 e. The van der Waals surface area contributed by atoms with Crippen LogP contribution in [0.5, 0.6) is 0 Å². The number of aliphatic hydroxyl groups excluding tert-OH is 1. The summed E-state index contributed by atoms with van der Waals surface area (Å²) in [7, 11) is 4.21. The van der Waals surface area contributed by atoms with Gasteiger partial charge in [0.15, 0.2) is 0 Å². The van der Waals surface area contributed by atoms with Gasteiger partial charge < -0.3 is 10.0 Å². The molecule has 0 spiro atoms. The molecule has 1 heterocycles. The first-order valence-electron chi connectivity index (χ1n) is 7.75. The van der Waals surface area contributed by atoms with Crippen molar-refractivity contribution >= 4 is 11.3 Å². The minimum absolute atomic E-state index is 0.0891. The predicted octanol–water partition coefficient (Wildman–Crippen LogP) is 2.66. The molecule has 1 aromatic heterocycles. The molecule has 4 heteroatoms. The Balaban J connectivity index is 2.02. The maximum atomic E-state index is 8.78. The molecular formula is C19H24N2OS. The minimum Gasteiger partial charge on any atom is -0.384 e. The van der Waals surface area contributed by atoms with Gasteiger partial charge in [0.1, 0.15) is 6.61 Å². The lowest BCUT2D eigenvalue weighted by atomic mass is 10.2. The molecule has 0 aliphatic rings. The van der Waals surface area contributed by atoms with Crippen molar-refractivity contribution in [1.82, 2.24) is 9.80 Å². The van der Waals surface area contributed by atoms with Gasteiger partial charge in [-0.3, -0.25) is 4.90 Å². The predicted molar refractivity (Wildman–Crippen MR) is 97.4 cm³/mol. The maximum Gasteiger partial charge on any atom is 0.104 e. The second kappa shape index (κ2) is 9.49. The fraction of sp³-hybridized carbons (Fsp3) is 0.368. The summed E-state index contributed by atoms with van der Waals surface area (Å²) in [6, 6.07) is 12.7. The van der Waals surface area contributed by atoms with E-state index in [4.69, 9.17) is 5.11 Å². The number of rotatable bonds is 7. The van der Waals surface area contributed by atoms with Crippen molar-refractivity contribution in [3.63, 3.8) is 0 Å². The van der Waals surface area contributed by atoms with Gasteiger partial charge in [0.25, 0.3) is 0 Å². The smallest absolute Gasteiger partial charge is 0.104 e. The molecule has 1 N–H and O–H groups in total. The normalized spacial score (nSPS) is 10.8. The van der Waals surface area contributed by atoms with Crippen molar-refractivity contribution < 1.29 is 5.11 Å². The van der Waals surface area contributed by atoms with Gasteiger partial charge in [-0.05, 0) is 25.7 Å². The Morgan fingerprint density at radius 2 is 1.87 bits per heavy atom. The van der Waals surface area contributed by atoms with Crippen LogP contribution in [-0.4, -0.2) is 48.7 Å². The van der Waals surface area contributed by atoms with Crippen LogP contribution < -0.4 is 0 Å². The number of hydrogen-bond acceptors (Lipinski definition) is 4. The Morgan fingerprint density at radius 1 is 1.09 bits per heavy atom. The molecule has 0 saturated carbocycles. The van der Waals surface area contributed by atoms with Gasteiger partial charge in [0.2, 0.25) is 0 Å². The highest BCUT2D eigenvalue weighted by Crippen LogP contribution is 2.17. The molecule has 0 unspecified atom stereocenters. The third kappa shape index (κ3) is 6.55. The van der Waals surface area contributed by atoms with Gasteiger partial charge in [-0.25, -0.2) is 0 Å². The second-order valence-electron chi connectivity index (χ2n) is 5.76. The van der Waals surface area contributed by atoms with Crippen molar-refractivity contribution in [2.75, 3.05) is 33.8 Å². The van der Waals surface area contributed by atoms with E-state index in [1.807, 2.05) is 0 Å². The van der Waals surface area contributed by atoms with Gasteiger partial charge in [0.05, 0.1) is 0 Å². The molecule has 0 aliphatic heterocycles. The third-order valence-electron chi connectivity index (χ3n) is 3.46. The van der Waals surface area contributed by atoms with E-state index in [1.54, 1.807) is 11.3 Å². The van der Waals surface area contributed by atoms with Crippen LogP contribution >= 0.6 is 11.3 Å². The van der Waals surface area contributed by atoms with Crippen molar-refractivity contribution in [2.45, 2.75) is 13.1 Å². The summed E-state index contributed by atoms with van der Waals surface area (Å²) >= 11 is 1.73. The lowest BCUT2D eigenvalue weighted by Gasteiger charge is -2.23. The van der Waals surface area contributed by atoms with Crippen molar-refractivity contribution in [3.8, 4) is 11.8 Å². The first-order valence-corrected chi connectivity index (χ1v) is 8.63. The zero-order chi connectivity index (χ0) is 16.5. The van der Waals surface area contributed by atoms with Crippen LogP contribution in [0.2, 0.25) is 0 Å². The van der Waals surface area contributed by atoms with E-state index in [0.29, 0.717) is 0 Å². The molecule has 0 radical (unpaired) electrons. The summed E-state index contributed by atoms with van der Waals surface area (Å²) in [5.41, 5.74) is 2.33. The van der Waals surface area contributed by atoms with E-state index in [2.05, 4.69) is 77.5 Å². The van der Waals surface area contributed by atoms with Crippen LogP contribution in [0.1, 0.15) is 16.0 Å². The van der Waals surface area contributed by atoms with Crippen molar-refractivity contribution in [1.29, 1.82) is 0 Å². The van der Waals surface area contributed by atoms with Gasteiger partial charge in [-0.2, -0.15) is 0 Å². The standard InChI is InChI=1S/C19H24N2OS/c1-20(2)10-11-21(14-17-7-4-3-5-8-17)15-19-13-18(16-23-19)9-6-12-22/h3-5,7-8,13,16,22H,10-12,14-15H2,1-2H3. The van der Waals surface area contributed by atoms with E-state index in [9.17, 15) is 0 Å². The zero-order valence-corrected chi connectivity index (χ0v) is 14.6. The summed E-state index contributed by atoms with van der Waals surface area (Å²) in [6.45, 7) is 3.85. The molecule has 0 amide bonds. The van der Waals surface area contributed by atoms with Gasteiger partial charge in [-0.1, -0.05) is 42.2 Å². The molecule has 3 nitrogen and oxygen atoms in total. The Labute approximate surface area is 143 Å². The summed E-state index contributed by atoms with van der Waals surface area (Å²) in [5.74, 6) is 5.67. The van der Waals surface area contributed by atoms with Gasteiger partial charge in [-0.15, -0.1) is 11.3 Å². The van der Waals surface area contributed by atoms with Crippen LogP contribution in [0, 0.1) is 11.8 Å². The topological polar surface area (TPSA) is 26.7 Å². The highest BCUT2D eigenvalue weighted by Gasteiger charge is 2.09. The quantitative estimate of drug-likeness (QED) is 0.792. The summed E-state index contributed by atoms with van der Waals surface area (Å²) in [4.78, 5) is 5.98. The highest BCUT2D eigenvalue weighted by atomic mass is 32.1. The summed E-state index contributed by atoms with van der Waals surface area (Å²) in [6.07, 6.45) is 0. The summed E-state index contributed by atoms with van der Waals surface area (Å²) < 4.78 is 0. The molecule has 0 fully saturated rings. The SMILES string of the molecule is CN(C)CCN(Cc1ccccc1)Cc1cc(C#CCO)cs1. The molecule has 2 rings (SSSR count). The fourth-order valence-corrected chi connectivity index (χ4v) is 3.15. The first kappa shape index (κ1) is 17.7. The number of aliphatic hydroxyl groups is 1. The minimum atomic E-state index is -0.0891. The van der Waals surface area contributed by atoms with Crippen LogP contribution in [0.3, 0.4) is 0 Å². The fourth-order valence-electron chi connectivity index (χ4n) is 2.29. The van der Waals surface area contributed by atoms with Gasteiger partial charge >= 0.3 is 0 Å². The molecule has 122 valence electrons. The average Bonchev–Trinajstić information content (AvgIpc) is 2.99. The molecule has 1 aromatic carbocycles. The lowest BCUT2D eigenvalue weighted by molar-refractivity contribution is 0.228. The van der Waals surface area contributed by atoms with Crippen LogP contribution in [0.4, 0.5) is 0 Å². The number of hydrogen-bond donors (Lipinski definition) is 1. The van der Waals surface area contributed by atoms with E-state index in [1.165, 1.54) is 10.4 Å². The van der Waals surface area contributed by atoms with E-state index < -0.39 is 0 Å². The Hall–Kier alpha value is -1.64. The third-order valence-corrected chi connectivity index (χ3v) is 4.38. The number of thiophene rings is 1. The molecule has 2 aromatic rings. The van der Waals surface area contributed by atoms with E-state index >= 15 is 0 Å². The average molecular weight is 328 g/mol. The van der Waals surface area contributed by atoms with Crippen LogP contribution in [0.25, 0.3) is 0 Å². The summed E-state index contributed by atoms with van der Waals surface area (Å²) in [5, 5.41) is 10.8. The van der Waals surface area contributed by atoms with Gasteiger partial charge in [0, 0.05) is 42.0 Å². The second-order valence-corrected chi connectivity index (χ2v) is 6.76. The van der Waals surface area contributed by atoms with E-state index in [0.717, 1.165) is 31.7 Å². The number of likely N-dealkylation sites (N-methyl/N-ethyl adjacent to an activating group) is 1. The molecule has 0 bridgehead atoms. The van der Waals surface area contributed by atoms with E-state index in [-0.39, 0.29) is 6.61 Å². The monoisotopic (exact) mass is 328 g/mol. The molecule has 0 saturated heterocycles. The number of nitrogens with zero attached hydrogens (tertiary/aromatic N) is 2. The molecule has 0 aliphatic carbocycles. The maximum absolute atomic E-state index is 8.78. The molecule has 0 atom stereocenters. The van der Waals surface area contributed by atoms with Crippen LogP contribution in [-0.2, 0) is 13.1 Å². The zero-order valence-electron chi connectivity index (χ0n) is 13.8. The molecular weight excluding hydrogens is 304 g/mol. The Morgan fingerprint density at radius 3 is 2.57 bits per heavy atom. The first-order chi connectivity index (χ1) is 11.2. The van der Waals surface area contributed by atoms with Crippen molar-refractivity contribution in [2.24, 2.45) is 0 Å². The highest BCUT2D eigenvalue weighted by molar-refractivity contribution is 7.10. The lowest BCUT2D eigenvalue weighted by Crippen LogP contribution is -2.30. The number of benzene rings is 1. The Kier molecular flexibility index (Phi) is 7.31.